The standard InChI is InChI=1S/C11H13Cl2NO5S/c1-6-17-10(8-4-3-7(12)5-9(8)13)11(18-6)19-20(15,16)14-2/h3-6,10-11,14H,1-2H3. The molecule has 112 valence electrons. The van der Waals surface area contributed by atoms with Crippen LogP contribution in [-0.4, -0.2) is 28.0 Å². The SMILES string of the molecule is CNS(=O)(=O)OC1OC(C)OC1c1ccc(Cl)cc1Cl. The summed E-state index contributed by atoms with van der Waals surface area (Å²) in [7, 11) is -2.68. The minimum absolute atomic E-state index is 0.343. The molecule has 3 atom stereocenters. The Bertz CT molecular complexity index is 594. The Hall–Kier alpha value is -0.410. The van der Waals surface area contributed by atoms with Gasteiger partial charge in [0.05, 0.1) is 0 Å². The monoisotopic (exact) mass is 341 g/mol. The Kier molecular flexibility index (Phi) is 4.91. The zero-order valence-electron chi connectivity index (χ0n) is 10.7. The van der Waals surface area contributed by atoms with E-state index in [0.717, 1.165) is 0 Å². The van der Waals surface area contributed by atoms with Crippen molar-refractivity contribution in [1.82, 2.24) is 4.72 Å². The van der Waals surface area contributed by atoms with Crippen LogP contribution in [0.5, 0.6) is 0 Å². The van der Waals surface area contributed by atoms with Crippen molar-refractivity contribution in [2.24, 2.45) is 0 Å². The lowest BCUT2D eigenvalue weighted by Gasteiger charge is -2.18. The summed E-state index contributed by atoms with van der Waals surface area (Å²) >= 11 is 11.9. The highest BCUT2D eigenvalue weighted by Gasteiger charge is 2.39. The molecule has 9 heteroatoms. The first-order valence-corrected chi connectivity index (χ1v) is 7.86. The number of benzene rings is 1. The molecule has 2 rings (SSSR count). The predicted octanol–water partition coefficient (Wildman–Crippen LogP) is 2.23. The van der Waals surface area contributed by atoms with E-state index in [-0.39, 0.29) is 0 Å². The van der Waals surface area contributed by atoms with Crippen molar-refractivity contribution in [2.45, 2.75) is 25.6 Å². The smallest absolute Gasteiger partial charge is 0.338 e. The van der Waals surface area contributed by atoms with Crippen LogP contribution in [-0.2, 0) is 24.0 Å². The number of hydrogen-bond acceptors (Lipinski definition) is 5. The van der Waals surface area contributed by atoms with Crippen LogP contribution in [0.4, 0.5) is 0 Å². The molecule has 3 unspecified atom stereocenters. The molecule has 1 saturated heterocycles. The van der Waals surface area contributed by atoms with Gasteiger partial charge in [0.2, 0.25) is 6.29 Å². The van der Waals surface area contributed by atoms with E-state index in [0.29, 0.717) is 15.6 Å². The van der Waals surface area contributed by atoms with E-state index in [1.807, 2.05) is 4.72 Å². The molecule has 0 amide bonds. The Morgan fingerprint density at radius 3 is 2.60 bits per heavy atom. The Balaban J connectivity index is 2.28. The molecule has 1 aromatic rings. The fraction of sp³-hybridized carbons (Fsp3) is 0.455. The van der Waals surface area contributed by atoms with Gasteiger partial charge in [-0.2, -0.15) is 13.1 Å². The fourth-order valence-electron chi connectivity index (χ4n) is 1.76. The maximum absolute atomic E-state index is 11.5. The highest BCUT2D eigenvalue weighted by molar-refractivity contribution is 7.84. The summed E-state index contributed by atoms with van der Waals surface area (Å²) in [4.78, 5) is 0. The number of halogens is 2. The lowest BCUT2D eigenvalue weighted by atomic mass is 10.1. The summed E-state index contributed by atoms with van der Waals surface area (Å²) in [5.74, 6) is 0. The molecule has 0 bridgehead atoms. The molecule has 0 saturated carbocycles. The normalized spacial score (nSPS) is 26.9. The molecule has 0 radical (unpaired) electrons. The van der Waals surface area contributed by atoms with Gasteiger partial charge < -0.3 is 9.47 Å². The molecule has 20 heavy (non-hydrogen) atoms. The lowest BCUT2D eigenvalue weighted by molar-refractivity contribution is -0.0908. The van der Waals surface area contributed by atoms with E-state index in [1.165, 1.54) is 13.1 Å². The summed E-state index contributed by atoms with van der Waals surface area (Å²) in [6.07, 6.45) is -2.51. The second kappa shape index (κ2) is 6.15. The molecule has 0 spiro atoms. The molecule has 1 aromatic carbocycles. The highest BCUT2D eigenvalue weighted by atomic mass is 35.5. The summed E-state index contributed by atoms with van der Waals surface area (Å²) in [6, 6.07) is 4.80. The van der Waals surface area contributed by atoms with Crippen molar-refractivity contribution in [3.05, 3.63) is 33.8 Å². The molecule has 1 N–H and O–H groups in total. The van der Waals surface area contributed by atoms with E-state index < -0.39 is 29.0 Å². The quantitative estimate of drug-likeness (QED) is 0.908. The van der Waals surface area contributed by atoms with Crippen molar-refractivity contribution in [2.75, 3.05) is 7.05 Å². The topological polar surface area (TPSA) is 73.9 Å². The maximum Gasteiger partial charge on any atom is 0.338 e. The van der Waals surface area contributed by atoms with Gasteiger partial charge in [0.25, 0.3) is 0 Å². The highest BCUT2D eigenvalue weighted by Crippen LogP contribution is 2.37. The first kappa shape index (κ1) is 16.0. The van der Waals surface area contributed by atoms with E-state index >= 15 is 0 Å². The van der Waals surface area contributed by atoms with Crippen LogP contribution in [0.25, 0.3) is 0 Å². The van der Waals surface area contributed by atoms with Crippen LogP contribution in [0.2, 0.25) is 10.0 Å². The summed E-state index contributed by atoms with van der Waals surface area (Å²) in [5, 5.41) is 0.807. The van der Waals surface area contributed by atoms with Crippen molar-refractivity contribution < 1.29 is 22.1 Å². The van der Waals surface area contributed by atoms with Crippen LogP contribution in [0, 0.1) is 0 Å². The van der Waals surface area contributed by atoms with Gasteiger partial charge in [-0.15, -0.1) is 0 Å². The Morgan fingerprint density at radius 1 is 1.30 bits per heavy atom. The van der Waals surface area contributed by atoms with Crippen LogP contribution >= 0.6 is 23.2 Å². The average molecular weight is 342 g/mol. The van der Waals surface area contributed by atoms with E-state index in [9.17, 15) is 8.42 Å². The number of ether oxygens (including phenoxy) is 2. The summed E-state index contributed by atoms with van der Waals surface area (Å²) < 4.78 is 40.6. The number of hydrogen-bond donors (Lipinski definition) is 1. The van der Waals surface area contributed by atoms with Crippen LogP contribution in [0.15, 0.2) is 18.2 Å². The molecule has 1 fully saturated rings. The number of rotatable bonds is 4. The third kappa shape index (κ3) is 3.62. The van der Waals surface area contributed by atoms with E-state index in [4.69, 9.17) is 36.9 Å². The molecule has 0 aliphatic carbocycles. The molecule has 0 aromatic heterocycles. The van der Waals surface area contributed by atoms with Crippen LogP contribution < -0.4 is 4.72 Å². The van der Waals surface area contributed by atoms with Gasteiger partial charge >= 0.3 is 10.3 Å². The molecule has 1 heterocycles. The molecule has 1 aliphatic rings. The predicted molar refractivity (Wildman–Crippen MR) is 73.7 cm³/mol. The van der Waals surface area contributed by atoms with E-state index in [1.54, 1.807) is 19.1 Å². The minimum Gasteiger partial charge on any atom is -0.339 e. The van der Waals surface area contributed by atoms with Crippen LogP contribution in [0.3, 0.4) is 0 Å². The second-order valence-corrected chi connectivity index (χ2v) is 6.40. The first-order valence-electron chi connectivity index (χ1n) is 5.70. The van der Waals surface area contributed by atoms with Gasteiger partial charge in [-0.3, -0.25) is 0 Å². The van der Waals surface area contributed by atoms with Gasteiger partial charge in [-0.1, -0.05) is 29.3 Å². The molecular formula is C11H13Cl2NO5S. The molecule has 1 aliphatic heterocycles. The molecular weight excluding hydrogens is 329 g/mol. The van der Waals surface area contributed by atoms with Crippen molar-refractivity contribution >= 4 is 33.5 Å². The minimum atomic E-state index is -3.91. The lowest BCUT2D eigenvalue weighted by Crippen LogP contribution is -2.30. The third-order valence-corrected chi connectivity index (χ3v) is 4.16. The first-order chi connectivity index (χ1) is 9.32. The van der Waals surface area contributed by atoms with Crippen molar-refractivity contribution in [1.29, 1.82) is 0 Å². The van der Waals surface area contributed by atoms with Gasteiger partial charge in [0.15, 0.2) is 6.29 Å². The van der Waals surface area contributed by atoms with Crippen molar-refractivity contribution in [3.63, 3.8) is 0 Å². The Morgan fingerprint density at radius 2 is 2.00 bits per heavy atom. The average Bonchev–Trinajstić information content (AvgIpc) is 2.69. The van der Waals surface area contributed by atoms with Crippen LogP contribution in [0.1, 0.15) is 18.6 Å². The Labute approximate surface area is 127 Å². The largest absolute Gasteiger partial charge is 0.339 e. The van der Waals surface area contributed by atoms with Gasteiger partial charge in [0, 0.05) is 22.7 Å². The zero-order chi connectivity index (χ0) is 14.9. The second-order valence-electron chi connectivity index (χ2n) is 4.05. The zero-order valence-corrected chi connectivity index (χ0v) is 13.0. The fourth-order valence-corrected chi connectivity index (χ4v) is 2.77. The maximum atomic E-state index is 11.5. The summed E-state index contributed by atoms with van der Waals surface area (Å²) in [6.45, 7) is 1.63. The van der Waals surface area contributed by atoms with Gasteiger partial charge in [-0.05, 0) is 19.1 Å². The molecule has 6 nitrogen and oxygen atoms in total. The summed E-state index contributed by atoms with van der Waals surface area (Å²) in [5.41, 5.74) is 0.539. The van der Waals surface area contributed by atoms with Gasteiger partial charge in [-0.25, -0.2) is 4.18 Å². The van der Waals surface area contributed by atoms with Gasteiger partial charge in [0.1, 0.15) is 6.10 Å². The number of nitrogens with one attached hydrogen (secondary N) is 1. The van der Waals surface area contributed by atoms with Crippen molar-refractivity contribution in [3.8, 4) is 0 Å². The third-order valence-electron chi connectivity index (χ3n) is 2.65. The van der Waals surface area contributed by atoms with E-state index in [2.05, 4.69) is 0 Å².